The van der Waals surface area contributed by atoms with Gasteiger partial charge in [-0.15, -0.1) is 0 Å². The molecular formula is C25H35F6NO2. The lowest BCUT2D eigenvalue weighted by Crippen LogP contribution is -2.44. The van der Waals surface area contributed by atoms with Gasteiger partial charge in [-0.25, -0.2) is 0 Å². The zero-order valence-electron chi connectivity index (χ0n) is 20.0. The van der Waals surface area contributed by atoms with Crippen molar-refractivity contribution in [3.8, 4) is 0 Å². The number of halogens is 6. The number of ether oxygens (including phenoxy) is 1. The predicted octanol–water partition coefficient (Wildman–Crippen LogP) is 7.56. The molecule has 34 heavy (non-hydrogen) atoms. The van der Waals surface area contributed by atoms with E-state index in [9.17, 15) is 31.1 Å². The zero-order chi connectivity index (χ0) is 25.5. The van der Waals surface area contributed by atoms with Crippen LogP contribution in [0, 0.1) is 11.8 Å². The van der Waals surface area contributed by atoms with Crippen molar-refractivity contribution in [3.05, 3.63) is 35.4 Å². The summed E-state index contributed by atoms with van der Waals surface area (Å²) < 4.78 is 82.4. The molecule has 0 unspecified atom stereocenters. The Hall–Kier alpha value is -1.77. The fourth-order valence-electron chi connectivity index (χ4n) is 4.76. The van der Waals surface area contributed by atoms with Crippen LogP contribution in [0.3, 0.4) is 0 Å². The second-order valence-electron chi connectivity index (χ2n) is 9.68. The standard InChI is InChI=1S/C25H35F6NO2/c1-17(2)6-11-21(5-4-13-24(26,27)28)32-14-12-18(16-23(33)34-3)15-22(32)19-7-9-20(10-8-19)25(29,30)31/h7-10,17-18,21-22H,4-6,11-16H2,1-3H3/t18-,21+,22+/m1/s1. The second-order valence-corrected chi connectivity index (χ2v) is 9.68. The first-order chi connectivity index (χ1) is 15.8. The first-order valence-corrected chi connectivity index (χ1v) is 11.9. The third kappa shape index (κ3) is 9.12. The van der Waals surface area contributed by atoms with Crippen LogP contribution in [0.15, 0.2) is 24.3 Å². The van der Waals surface area contributed by atoms with E-state index >= 15 is 0 Å². The van der Waals surface area contributed by atoms with E-state index in [-0.39, 0.29) is 36.8 Å². The highest BCUT2D eigenvalue weighted by Gasteiger charge is 2.36. The Kier molecular flexibility index (Phi) is 10.3. The summed E-state index contributed by atoms with van der Waals surface area (Å²) in [5.74, 6) is 0.0366. The highest BCUT2D eigenvalue weighted by Crippen LogP contribution is 2.40. The number of rotatable bonds is 10. The van der Waals surface area contributed by atoms with Gasteiger partial charge in [-0.3, -0.25) is 9.69 Å². The van der Waals surface area contributed by atoms with E-state index < -0.39 is 24.3 Å². The summed E-state index contributed by atoms with van der Waals surface area (Å²) in [6.07, 6.45) is -6.15. The van der Waals surface area contributed by atoms with E-state index in [0.29, 0.717) is 43.7 Å². The van der Waals surface area contributed by atoms with Crippen molar-refractivity contribution in [2.24, 2.45) is 11.8 Å². The maximum absolute atomic E-state index is 13.1. The van der Waals surface area contributed by atoms with Crippen LogP contribution in [-0.2, 0) is 15.7 Å². The minimum absolute atomic E-state index is 0.00286. The van der Waals surface area contributed by atoms with Gasteiger partial charge in [0.25, 0.3) is 0 Å². The van der Waals surface area contributed by atoms with Crippen molar-refractivity contribution < 1.29 is 35.9 Å². The first kappa shape index (κ1) is 28.5. The van der Waals surface area contributed by atoms with Gasteiger partial charge in [0.2, 0.25) is 0 Å². The number of methoxy groups -OCH3 is 1. The van der Waals surface area contributed by atoms with E-state index in [2.05, 4.69) is 18.7 Å². The number of benzene rings is 1. The first-order valence-electron chi connectivity index (χ1n) is 11.9. The molecule has 3 atom stereocenters. The van der Waals surface area contributed by atoms with Crippen LogP contribution in [0.25, 0.3) is 0 Å². The van der Waals surface area contributed by atoms with Gasteiger partial charge in [-0.05, 0) is 74.6 Å². The molecule has 1 aromatic rings. The summed E-state index contributed by atoms with van der Waals surface area (Å²) in [5, 5.41) is 0. The van der Waals surface area contributed by atoms with Crippen LogP contribution < -0.4 is 0 Å². The minimum Gasteiger partial charge on any atom is -0.469 e. The summed E-state index contributed by atoms with van der Waals surface area (Å²) in [6.45, 7) is 4.69. The maximum Gasteiger partial charge on any atom is 0.416 e. The SMILES string of the molecule is COC(=O)C[C@@H]1CCN([C@@H](CCCC(F)(F)F)CCC(C)C)[C@H](c2ccc(C(F)(F)F)cc2)C1. The summed E-state index contributed by atoms with van der Waals surface area (Å²) in [5.41, 5.74) is -0.0563. The van der Waals surface area contributed by atoms with E-state index in [1.54, 1.807) is 0 Å². The van der Waals surface area contributed by atoms with Crippen LogP contribution in [0.2, 0.25) is 0 Å². The molecular weight excluding hydrogens is 460 g/mol. The average Bonchev–Trinajstić information content (AvgIpc) is 2.74. The van der Waals surface area contributed by atoms with Crippen LogP contribution in [0.4, 0.5) is 26.3 Å². The molecule has 1 aromatic carbocycles. The normalized spacial score (nSPS) is 21.0. The Morgan fingerprint density at radius 3 is 2.24 bits per heavy atom. The van der Waals surface area contributed by atoms with Gasteiger partial charge < -0.3 is 4.74 Å². The third-order valence-corrected chi connectivity index (χ3v) is 6.60. The molecule has 0 radical (unpaired) electrons. The lowest BCUT2D eigenvalue weighted by molar-refractivity contribution is -0.142. The fraction of sp³-hybridized carbons (Fsp3) is 0.720. The van der Waals surface area contributed by atoms with Crippen LogP contribution in [0.5, 0.6) is 0 Å². The van der Waals surface area contributed by atoms with Crippen molar-refractivity contribution in [1.82, 2.24) is 4.90 Å². The molecule has 0 aliphatic carbocycles. The lowest BCUT2D eigenvalue weighted by atomic mass is 9.83. The highest BCUT2D eigenvalue weighted by molar-refractivity contribution is 5.69. The molecule has 1 aliphatic rings. The Balaban J connectivity index is 2.29. The van der Waals surface area contributed by atoms with Gasteiger partial charge >= 0.3 is 18.3 Å². The van der Waals surface area contributed by atoms with Gasteiger partial charge in [-0.2, -0.15) is 26.3 Å². The maximum atomic E-state index is 13.1. The van der Waals surface area contributed by atoms with Gasteiger partial charge in [0.15, 0.2) is 0 Å². The minimum atomic E-state index is -4.45. The van der Waals surface area contributed by atoms with Crippen LogP contribution in [0.1, 0.15) is 82.4 Å². The molecule has 0 N–H and O–H groups in total. The third-order valence-electron chi connectivity index (χ3n) is 6.60. The number of hydrogen-bond donors (Lipinski definition) is 0. The van der Waals surface area contributed by atoms with Gasteiger partial charge in [-0.1, -0.05) is 26.0 Å². The molecule has 0 amide bonds. The molecule has 0 spiro atoms. The average molecular weight is 496 g/mol. The Morgan fingerprint density at radius 2 is 1.71 bits per heavy atom. The molecule has 1 aliphatic heterocycles. The molecule has 1 fully saturated rings. The number of carbonyl (C=O) groups is 1. The Bertz CT molecular complexity index is 760. The Morgan fingerprint density at radius 1 is 1.06 bits per heavy atom. The van der Waals surface area contributed by atoms with E-state index in [1.807, 2.05) is 0 Å². The molecule has 1 saturated heterocycles. The van der Waals surface area contributed by atoms with Gasteiger partial charge in [0.05, 0.1) is 12.7 Å². The van der Waals surface area contributed by atoms with Gasteiger partial charge in [0.1, 0.15) is 0 Å². The molecule has 0 saturated carbocycles. The van der Waals surface area contributed by atoms with Crippen molar-refractivity contribution in [3.63, 3.8) is 0 Å². The number of piperidine rings is 1. The van der Waals surface area contributed by atoms with Crippen LogP contribution in [-0.4, -0.2) is 36.7 Å². The smallest absolute Gasteiger partial charge is 0.416 e. The quantitative estimate of drug-likeness (QED) is 0.248. The molecule has 194 valence electrons. The number of hydrogen-bond acceptors (Lipinski definition) is 3. The predicted molar refractivity (Wildman–Crippen MR) is 118 cm³/mol. The van der Waals surface area contributed by atoms with E-state index in [0.717, 1.165) is 18.6 Å². The Labute approximate surface area is 197 Å². The molecule has 3 nitrogen and oxygen atoms in total. The van der Waals surface area contributed by atoms with E-state index in [4.69, 9.17) is 4.74 Å². The second kappa shape index (κ2) is 12.3. The number of carbonyl (C=O) groups excluding carboxylic acids is 1. The van der Waals surface area contributed by atoms with Gasteiger partial charge in [0, 0.05) is 24.9 Å². The summed E-state index contributed by atoms with van der Waals surface area (Å²) >= 11 is 0. The number of esters is 1. The monoisotopic (exact) mass is 495 g/mol. The van der Waals surface area contributed by atoms with Crippen LogP contribution >= 0.6 is 0 Å². The zero-order valence-corrected chi connectivity index (χ0v) is 20.0. The highest BCUT2D eigenvalue weighted by atomic mass is 19.4. The molecule has 9 heteroatoms. The van der Waals surface area contributed by atoms with E-state index in [1.165, 1.54) is 19.2 Å². The number of alkyl halides is 6. The fourth-order valence-corrected chi connectivity index (χ4v) is 4.76. The molecule has 0 aromatic heterocycles. The summed E-state index contributed by atoms with van der Waals surface area (Å²) in [6, 6.07) is 4.62. The largest absolute Gasteiger partial charge is 0.469 e. The molecule has 0 bridgehead atoms. The van der Waals surface area contributed by atoms with Crippen molar-refractivity contribution in [2.45, 2.75) is 89.7 Å². The van der Waals surface area contributed by atoms with Crippen molar-refractivity contribution in [2.75, 3.05) is 13.7 Å². The number of likely N-dealkylation sites (tertiary alicyclic amines) is 1. The van der Waals surface area contributed by atoms with Crippen molar-refractivity contribution in [1.29, 1.82) is 0 Å². The molecule has 1 heterocycles. The summed E-state index contributed by atoms with van der Waals surface area (Å²) in [7, 11) is 1.31. The topological polar surface area (TPSA) is 29.5 Å². The lowest BCUT2D eigenvalue weighted by Gasteiger charge is -2.44. The number of nitrogens with zero attached hydrogens (tertiary/aromatic N) is 1. The molecule has 2 rings (SSSR count). The summed E-state index contributed by atoms with van der Waals surface area (Å²) in [4.78, 5) is 14.0. The van der Waals surface area contributed by atoms with Crippen molar-refractivity contribution >= 4 is 5.97 Å².